The molecule has 1 aromatic rings. The molecule has 0 aromatic carbocycles. The van der Waals surface area contributed by atoms with Gasteiger partial charge in [-0.25, -0.2) is 4.98 Å². The highest BCUT2D eigenvalue weighted by Gasteiger charge is 2.45. The van der Waals surface area contributed by atoms with Gasteiger partial charge in [-0.2, -0.15) is 0 Å². The summed E-state index contributed by atoms with van der Waals surface area (Å²) >= 11 is 0. The summed E-state index contributed by atoms with van der Waals surface area (Å²) < 4.78 is 11.8. The Morgan fingerprint density at radius 3 is 2.64 bits per heavy atom. The van der Waals surface area contributed by atoms with E-state index in [0.29, 0.717) is 12.5 Å². The SMILES string of the molecule is COC1C=c2ncc(CN)nc2=CC1(OC)C1CCCCC1. The van der Waals surface area contributed by atoms with Gasteiger partial charge in [0, 0.05) is 20.8 Å². The summed E-state index contributed by atoms with van der Waals surface area (Å²) in [6.07, 6.45) is 11.9. The van der Waals surface area contributed by atoms with Gasteiger partial charge in [-0.3, -0.25) is 4.98 Å². The number of rotatable bonds is 4. The lowest BCUT2D eigenvalue weighted by Gasteiger charge is -2.44. The van der Waals surface area contributed by atoms with Crippen LogP contribution < -0.4 is 16.4 Å². The zero-order chi connectivity index (χ0) is 15.6. The van der Waals surface area contributed by atoms with Crippen LogP contribution in [0.1, 0.15) is 37.8 Å². The van der Waals surface area contributed by atoms with Crippen LogP contribution in [0.4, 0.5) is 0 Å². The van der Waals surface area contributed by atoms with Gasteiger partial charge in [-0.05, 0) is 30.9 Å². The Kier molecular flexibility index (Phi) is 4.57. The van der Waals surface area contributed by atoms with E-state index in [1.54, 1.807) is 20.4 Å². The second-order valence-electron chi connectivity index (χ2n) is 6.20. The number of hydrogen-bond donors (Lipinski definition) is 1. The first-order valence-corrected chi connectivity index (χ1v) is 8.08. The van der Waals surface area contributed by atoms with E-state index in [2.05, 4.69) is 16.0 Å². The van der Waals surface area contributed by atoms with Crippen LogP contribution in [0.25, 0.3) is 12.2 Å². The molecular formula is C17H25N3O2. The third-order valence-corrected chi connectivity index (χ3v) is 5.06. The van der Waals surface area contributed by atoms with Crippen molar-refractivity contribution in [3.8, 4) is 0 Å². The summed E-state index contributed by atoms with van der Waals surface area (Å²) in [6.45, 7) is 0.394. The molecule has 5 heteroatoms. The molecule has 1 aromatic heterocycles. The van der Waals surface area contributed by atoms with Crippen LogP contribution in [0.5, 0.6) is 0 Å². The first kappa shape index (κ1) is 15.6. The highest BCUT2D eigenvalue weighted by Crippen LogP contribution is 2.40. The summed E-state index contributed by atoms with van der Waals surface area (Å²) in [6, 6.07) is 0. The molecule has 0 spiro atoms. The number of aromatic nitrogens is 2. The summed E-state index contributed by atoms with van der Waals surface area (Å²) in [5.74, 6) is 0.448. The molecule has 2 aliphatic rings. The van der Waals surface area contributed by atoms with Crippen LogP contribution in [-0.4, -0.2) is 35.9 Å². The molecule has 0 radical (unpaired) electrons. The molecule has 0 amide bonds. The smallest absolute Gasteiger partial charge is 0.121 e. The summed E-state index contributed by atoms with van der Waals surface area (Å²) in [7, 11) is 3.51. The van der Waals surface area contributed by atoms with Gasteiger partial charge in [0.2, 0.25) is 0 Å². The second kappa shape index (κ2) is 6.44. The van der Waals surface area contributed by atoms with Crippen molar-refractivity contribution in [2.45, 2.75) is 50.4 Å². The Morgan fingerprint density at radius 2 is 2.00 bits per heavy atom. The van der Waals surface area contributed by atoms with Gasteiger partial charge in [-0.15, -0.1) is 0 Å². The fraction of sp³-hybridized carbons (Fsp3) is 0.647. The maximum absolute atomic E-state index is 6.04. The summed E-state index contributed by atoms with van der Waals surface area (Å²) in [5.41, 5.74) is 6.04. The summed E-state index contributed by atoms with van der Waals surface area (Å²) in [5, 5.41) is 1.72. The molecule has 2 N–H and O–H groups in total. The van der Waals surface area contributed by atoms with E-state index < -0.39 is 5.60 Å². The van der Waals surface area contributed by atoms with Crippen LogP contribution in [0.15, 0.2) is 6.20 Å². The molecular weight excluding hydrogens is 278 g/mol. The topological polar surface area (TPSA) is 70.3 Å². The fourth-order valence-electron chi connectivity index (χ4n) is 3.85. The fourth-order valence-corrected chi connectivity index (χ4v) is 3.85. The van der Waals surface area contributed by atoms with Gasteiger partial charge in [0.1, 0.15) is 11.7 Å². The monoisotopic (exact) mass is 303 g/mol. The third-order valence-electron chi connectivity index (χ3n) is 5.06. The standard InChI is InChI=1S/C17H25N3O2/c1-21-16-8-14-15(20-13(10-18)11-19-14)9-17(16,22-2)12-6-4-3-5-7-12/h8-9,11-12,16H,3-7,10,18H2,1-2H3. The zero-order valence-corrected chi connectivity index (χ0v) is 13.4. The van der Waals surface area contributed by atoms with Gasteiger partial charge in [0.25, 0.3) is 0 Å². The molecule has 0 bridgehead atoms. The van der Waals surface area contributed by atoms with Gasteiger partial charge in [0.15, 0.2) is 0 Å². The average molecular weight is 303 g/mol. The van der Waals surface area contributed by atoms with E-state index >= 15 is 0 Å². The van der Waals surface area contributed by atoms with Gasteiger partial charge in [0.05, 0.1) is 22.6 Å². The zero-order valence-electron chi connectivity index (χ0n) is 13.4. The number of nitrogens with two attached hydrogens (primary N) is 1. The van der Waals surface area contributed by atoms with Crippen molar-refractivity contribution < 1.29 is 9.47 Å². The van der Waals surface area contributed by atoms with Gasteiger partial charge >= 0.3 is 0 Å². The molecule has 2 aliphatic carbocycles. The van der Waals surface area contributed by atoms with Crippen molar-refractivity contribution in [3.63, 3.8) is 0 Å². The van der Waals surface area contributed by atoms with Crippen LogP contribution in [0, 0.1) is 5.92 Å². The molecule has 22 heavy (non-hydrogen) atoms. The lowest BCUT2D eigenvalue weighted by atomic mass is 9.72. The third kappa shape index (κ3) is 2.57. The first-order chi connectivity index (χ1) is 10.7. The highest BCUT2D eigenvalue weighted by molar-refractivity contribution is 5.49. The van der Waals surface area contributed by atoms with Gasteiger partial charge in [-0.1, -0.05) is 19.3 Å². The van der Waals surface area contributed by atoms with Gasteiger partial charge < -0.3 is 15.2 Å². The minimum atomic E-state index is -0.454. The molecule has 1 saturated carbocycles. The van der Waals surface area contributed by atoms with E-state index in [1.165, 1.54) is 19.3 Å². The first-order valence-electron chi connectivity index (χ1n) is 8.08. The minimum Gasteiger partial charge on any atom is -0.374 e. The molecule has 3 rings (SSSR count). The van der Waals surface area contributed by atoms with Crippen LogP contribution in [0.2, 0.25) is 0 Å². The number of hydrogen-bond acceptors (Lipinski definition) is 5. The van der Waals surface area contributed by atoms with Crippen molar-refractivity contribution in [1.82, 2.24) is 9.97 Å². The second-order valence-corrected chi connectivity index (χ2v) is 6.20. The lowest BCUT2D eigenvalue weighted by Crippen LogP contribution is -2.56. The number of fused-ring (bicyclic) bond motifs is 1. The van der Waals surface area contributed by atoms with Crippen molar-refractivity contribution in [3.05, 3.63) is 22.6 Å². The van der Waals surface area contributed by atoms with E-state index in [-0.39, 0.29) is 6.10 Å². The largest absolute Gasteiger partial charge is 0.374 e. The molecule has 120 valence electrons. The maximum Gasteiger partial charge on any atom is 0.121 e. The molecule has 2 atom stereocenters. The van der Waals surface area contributed by atoms with Crippen molar-refractivity contribution >= 4 is 12.2 Å². The lowest BCUT2D eigenvalue weighted by molar-refractivity contribution is -0.0918. The molecule has 0 aliphatic heterocycles. The quantitative estimate of drug-likeness (QED) is 0.876. The predicted molar refractivity (Wildman–Crippen MR) is 85.2 cm³/mol. The molecule has 1 heterocycles. The maximum atomic E-state index is 6.04. The van der Waals surface area contributed by atoms with Crippen LogP contribution >= 0.6 is 0 Å². The molecule has 1 fully saturated rings. The van der Waals surface area contributed by atoms with E-state index in [0.717, 1.165) is 29.2 Å². The predicted octanol–water partition coefficient (Wildman–Crippen LogP) is 0.490. The van der Waals surface area contributed by atoms with Crippen LogP contribution in [-0.2, 0) is 16.0 Å². The molecule has 0 saturated heterocycles. The highest BCUT2D eigenvalue weighted by atomic mass is 16.5. The Morgan fingerprint density at radius 1 is 1.23 bits per heavy atom. The van der Waals surface area contributed by atoms with E-state index in [1.807, 2.05) is 6.08 Å². The summed E-state index contributed by atoms with van der Waals surface area (Å²) in [4.78, 5) is 9.10. The normalized spacial score (nSPS) is 28.6. The van der Waals surface area contributed by atoms with Crippen molar-refractivity contribution in [2.75, 3.05) is 14.2 Å². The number of methoxy groups -OCH3 is 2. The number of nitrogens with zero attached hydrogens (tertiary/aromatic N) is 2. The Hall–Kier alpha value is -1.30. The van der Waals surface area contributed by atoms with E-state index in [4.69, 9.17) is 15.2 Å². The molecule has 5 nitrogen and oxygen atoms in total. The minimum absolute atomic E-state index is 0.133. The van der Waals surface area contributed by atoms with Crippen molar-refractivity contribution in [1.29, 1.82) is 0 Å². The van der Waals surface area contributed by atoms with Crippen LogP contribution in [0.3, 0.4) is 0 Å². The Balaban J connectivity index is 2.12. The Labute approximate surface area is 131 Å². The van der Waals surface area contributed by atoms with E-state index in [9.17, 15) is 0 Å². The average Bonchev–Trinajstić information content (AvgIpc) is 2.60. The Bertz CT molecular complexity index is 640. The molecule has 2 unspecified atom stereocenters. The van der Waals surface area contributed by atoms with Crippen molar-refractivity contribution in [2.24, 2.45) is 11.7 Å². The number of ether oxygens (including phenoxy) is 2.